The molecule has 1 aliphatic rings. The Morgan fingerprint density at radius 3 is 2.72 bits per heavy atom. The van der Waals surface area contributed by atoms with Gasteiger partial charge in [-0.15, -0.1) is 0 Å². The van der Waals surface area contributed by atoms with E-state index in [0.29, 0.717) is 0 Å². The first-order valence-electron chi connectivity index (χ1n) is 10.1. The SMILES string of the molecule is c1ccc(-c2cnc(SCc3ccc4ccccc4n3)n2CC2CCCO2)cc1. The van der Waals surface area contributed by atoms with Gasteiger partial charge in [-0.2, -0.15) is 0 Å². The van der Waals surface area contributed by atoms with Crippen LogP contribution < -0.4 is 0 Å². The van der Waals surface area contributed by atoms with E-state index in [2.05, 4.69) is 53.1 Å². The number of ether oxygens (including phenoxy) is 1. The van der Waals surface area contributed by atoms with E-state index in [9.17, 15) is 0 Å². The number of hydrogen-bond donors (Lipinski definition) is 0. The van der Waals surface area contributed by atoms with E-state index in [0.717, 1.165) is 53.8 Å². The van der Waals surface area contributed by atoms with Crippen LogP contribution in [0.15, 0.2) is 78.1 Å². The maximum Gasteiger partial charge on any atom is 0.168 e. The zero-order valence-corrected chi connectivity index (χ0v) is 17.0. The molecule has 1 aliphatic heterocycles. The summed E-state index contributed by atoms with van der Waals surface area (Å²) in [5.41, 5.74) is 4.45. The average molecular weight is 402 g/mol. The Labute approximate surface area is 175 Å². The molecule has 0 N–H and O–H groups in total. The van der Waals surface area contributed by atoms with E-state index in [-0.39, 0.29) is 6.10 Å². The zero-order chi connectivity index (χ0) is 19.5. The molecule has 4 nitrogen and oxygen atoms in total. The van der Waals surface area contributed by atoms with Crippen LogP contribution in [0.2, 0.25) is 0 Å². The van der Waals surface area contributed by atoms with Crippen molar-refractivity contribution in [2.24, 2.45) is 0 Å². The summed E-state index contributed by atoms with van der Waals surface area (Å²) in [5.74, 6) is 0.793. The molecular weight excluding hydrogens is 378 g/mol. The summed E-state index contributed by atoms with van der Waals surface area (Å²) in [4.78, 5) is 9.56. The molecule has 146 valence electrons. The Bertz CT molecular complexity index is 1100. The van der Waals surface area contributed by atoms with Gasteiger partial charge in [0.2, 0.25) is 0 Å². The fourth-order valence-corrected chi connectivity index (χ4v) is 4.70. The number of imidazole rings is 1. The molecular formula is C24H23N3OS. The van der Waals surface area contributed by atoms with Gasteiger partial charge in [0.05, 0.1) is 35.8 Å². The maximum atomic E-state index is 5.91. The van der Waals surface area contributed by atoms with Gasteiger partial charge in [0, 0.05) is 17.7 Å². The van der Waals surface area contributed by atoms with E-state index < -0.39 is 0 Å². The molecule has 0 saturated carbocycles. The van der Waals surface area contributed by atoms with Crippen molar-refractivity contribution in [1.82, 2.24) is 14.5 Å². The molecule has 0 radical (unpaired) electrons. The van der Waals surface area contributed by atoms with E-state index in [1.807, 2.05) is 24.4 Å². The van der Waals surface area contributed by atoms with E-state index in [1.165, 1.54) is 10.9 Å². The van der Waals surface area contributed by atoms with Gasteiger partial charge >= 0.3 is 0 Å². The predicted octanol–water partition coefficient (Wildman–Crippen LogP) is 5.57. The first-order chi connectivity index (χ1) is 14.4. The van der Waals surface area contributed by atoms with Gasteiger partial charge in [-0.1, -0.05) is 66.4 Å². The topological polar surface area (TPSA) is 39.9 Å². The van der Waals surface area contributed by atoms with E-state index in [4.69, 9.17) is 14.7 Å². The van der Waals surface area contributed by atoms with Crippen molar-refractivity contribution in [3.8, 4) is 11.3 Å². The molecule has 1 unspecified atom stereocenters. The van der Waals surface area contributed by atoms with Crippen molar-refractivity contribution in [2.45, 2.75) is 36.4 Å². The van der Waals surface area contributed by atoms with Crippen LogP contribution in [0.1, 0.15) is 18.5 Å². The van der Waals surface area contributed by atoms with Crippen molar-refractivity contribution in [1.29, 1.82) is 0 Å². The quantitative estimate of drug-likeness (QED) is 0.396. The van der Waals surface area contributed by atoms with Gasteiger partial charge in [-0.05, 0) is 30.5 Å². The number of para-hydroxylation sites is 1. The van der Waals surface area contributed by atoms with Crippen molar-refractivity contribution >= 4 is 22.7 Å². The van der Waals surface area contributed by atoms with E-state index in [1.54, 1.807) is 11.8 Å². The molecule has 3 heterocycles. The number of nitrogens with zero attached hydrogens (tertiary/aromatic N) is 3. The standard InChI is InChI=1S/C24H23N3OS/c1-2-8-19(9-3-1)23-15-25-24(27(23)16-21-10-6-14-28-21)29-17-20-13-12-18-7-4-5-11-22(18)26-20/h1-5,7-9,11-13,15,21H,6,10,14,16-17H2. The largest absolute Gasteiger partial charge is 0.376 e. The minimum atomic E-state index is 0.268. The number of rotatable bonds is 6. The Morgan fingerprint density at radius 1 is 1.00 bits per heavy atom. The number of thioether (sulfide) groups is 1. The number of aromatic nitrogens is 3. The number of benzene rings is 2. The van der Waals surface area contributed by atoms with Gasteiger partial charge < -0.3 is 9.30 Å². The van der Waals surface area contributed by atoms with Crippen molar-refractivity contribution in [3.63, 3.8) is 0 Å². The second kappa shape index (κ2) is 8.39. The number of fused-ring (bicyclic) bond motifs is 1. The normalized spacial score (nSPS) is 16.5. The minimum absolute atomic E-state index is 0.268. The molecule has 0 amide bonds. The van der Waals surface area contributed by atoms with Crippen LogP contribution in [0.5, 0.6) is 0 Å². The first-order valence-corrected chi connectivity index (χ1v) is 11.1. The summed E-state index contributed by atoms with van der Waals surface area (Å²) in [6.45, 7) is 1.71. The molecule has 0 aliphatic carbocycles. The fourth-order valence-electron chi connectivity index (χ4n) is 3.81. The Hall–Kier alpha value is -2.63. The second-order valence-corrected chi connectivity index (χ2v) is 8.26. The highest BCUT2D eigenvalue weighted by atomic mass is 32.2. The maximum absolute atomic E-state index is 5.91. The minimum Gasteiger partial charge on any atom is -0.376 e. The molecule has 1 fully saturated rings. The van der Waals surface area contributed by atoms with Crippen LogP contribution in [0.3, 0.4) is 0 Å². The Balaban J connectivity index is 1.41. The summed E-state index contributed by atoms with van der Waals surface area (Å²) in [6, 6.07) is 23.0. The molecule has 1 saturated heterocycles. The van der Waals surface area contributed by atoms with Gasteiger partial charge in [-0.3, -0.25) is 4.98 Å². The molecule has 0 bridgehead atoms. The van der Waals surface area contributed by atoms with Crippen molar-refractivity contribution < 1.29 is 4.74 Å². The van der Waals surface area contributed by atoms with Crippen LogP contribution >= 0.6 is 11.8 Å². The van der Waals surface area contributed by atoms with E-state index >= 15 is 0 Å². The van der Waals surface area contributed by atoms with Crippen LogP contribution in [0, 0.1) is 0 Å². The summed E-state index contributed by atoms with van der Waals surface area (Å²) < 4.78 is 8.23. The third-order valence-electron chi connectivity index (χ3n) is 5.30. The monoisotopic (exact) mass is 401 g/mol. The number of pyridine rings is 1. The molecule has 0 spiro atoms. The van der Waals surface area contributed by atoms with Crippen molar-refractivity contribution in [2.75, 3.05) is 6.61 Å². The highest BCUT2D eigenvalue weighted by Gasteiger charge is 2.20. The lowest BCUT2D eigenvalue weighted by Crippen LogP contribution is -2.16. The Kier molecular flexibility index (Phi) is 5.33. The van der Waals surface area contributed by atoms with Crippen molar-refractivity contribution in [3.05, 3.63) is 78.6 Å². The van der Waals surface area contributed by atoms with Crippen LogP contribution in [0.4, 0.5) is 0 Å². The molecule has 5 heteroatoms. The molecule has 2 aromatic heterocycles. The lowest BCUT2D eigenvalue weighted by atomic mass is 10.1. The Morgan fingerprint density at radius 2 is 1.86 bits per heavy atom. The van der Waals surface area contributed by atoms with Crippen LogP contribution in [0.25, 0.3) is 22.2 Å². The smallest absolute Gasteiger partial charge is 0.168 e. The highest BCUT2D eigenvalue weighted by Crippen LogP contribution is 2.30. The van der Waals surface area contributed by atoms with Crippen LogP contribution in [-0.4, -0.2) is 27.2 Å². The summed E-state index contributed by atoms with van der Waals surface area (Å²) in [6.07, 6.45) is 4.51. The van der Waals surface area contributed by atoms with Gasteiger partial charge in [0.1, 0.15) is 0 Å². The average Bonchev–Trinajstić information content (AvgIpc) is 3.43. The summed E-state index contributed by atoms with van der Waals surface area (Å²) in [5, 5.41) is 2.20. The molecule has 4 aromatic rings. The third kappa shape index (κ3) is 4.07. The highest BCUT2D eigenvalue weighted by molar-refractivity contribution is 7.98. The van der Waals surface area contributed by atoms with Gasteiger partial charge in [-0.25, -0.2) is 4.98 Å². The number of hydrogen-bond acceptors (Lipinski definition) is 4. The lowest BCUT2D eigenvalue weighted by molar-refractivity contribution is 0.0954. The molecule has 29 heavy (non-hydrogen) atoms. The molecule has 5 rings (SSSR count). The fraction of sp³-hybridized carbons (Fsp3) is 0.250. The predicted molar refractivity (Wildman–Crippen MR) is 118 cm³/mol. The first kappa shape index (κ1) is 18.4. The zero-order valence-electron chi connectivity index (χ0n) is 16.2. The summed E-state index contributed by atoms with van der Waals surface area (Å²) >= 11 is 1.74. The summed E-state index contributed by atoms with van der Waals surface area (Å²) in [7, 11) is 0. The third-order valence-corrected chi connectivity index (χ3v) is 6.33. The molecule has 1 atom stereocenters. The van der Waals surface area contributed by atoms with Crippen LogP contribution in [-0.2, 0) is 17.0 Å². The van der Waals surface area contributed by atoms with Gasteiger partial charge in [0.25, 0.3) is 0 Å². The lowest BCUT2D eigenvalue weighted by Gasteiger charge is -2.16. The second-order valence-electron chi connectivity index (χ2n) is 7.32. The molecule has 2 aromatic carbocycles. The van der Waals surface area contributed by atoms with Gasteiger partial charge in [0.15, 0.2) is 5.16 Å².